The van der Waals surface area contributed by atoms with Gasteiger partial charge in [-0.3, -0.25) is 4.98 Å². The Kier molecular flexibility index (Phi) is 3.98. The number of aliphatic hydroxyl groups excluding tert-OH is 1. The number of nitrogens with zero attached hydrogens (tertiary/aromatic N) is 1. The first-order valence-corrected chi connectivity index (χ1v) is 7.03. The fraction of sp³-hybridized carbons (Fsp3) is 0.688. The van der Waals surface area contributed by atoms with Crippen molar-refractivity contribution in [1.29, 1.82) is 0 Å². The Morgan fingerprint density at radius 3 is 2.37 bits per heavy atom. The highest BCUT2D eigenvalue weighted by molar-refractivity contribution is 5.22. The van der Waals surface area contributed by atoms with Crippen LogP contribution in [0.2, 0.25) is 0 Å². The van der Waals surface area contributed by atoms with E-state index in [9.17, 15) is 5.11 Å². The largest absolute Gasteiger partial charge is 0.385 e. The van der Waals surface area contributed by atoms with Crippen LogP contribution in [0.5, 0.6) is 0 Å². The number of aryl methyl sites for hydroxylation is 1. The predicted molar refractivity (Wildman–Crippen MR) is 75.9 cm³/mol. The van der Waals surface area contributed by atoms with E-state index in [0.29, 0.717) is 5.41 Å². The molecular weight excluding hydrogens is 238 g/mol. The van der Waals surface area contributed by atoms with Crippen LogP contribution in [0.4, 0.5) is 0 Å². The Balaban J connectivity index is 2.22. The van der Waals surface area contributed by atoms with Gasteiger partial charge in [0.15, 0.2) is 0 Å². The van der Waals surface area contributed by atoms with Crippen LogP contribution in [0, 0.1) is 12.3 Å². The summed E-state index contributed by atoms with van der Waals surface area (Å²) >= 11 is 0. The first-order valence-electron chi connectivity index (χ1n) is 7.03. The molecular formula is C16H25NO2. The minimum absolute atomic E-state index is 0.354. The van der Waals surface area contributed by atoms with E-state index >= 15 is 0 Å². The van der Waals surface area contributed by atoms with Crippen LogP contribution < -0.4 is 0 Å². The molecule has 1 unspecified atom stereocenters. The average molecular weight is 263 g/mol. The Bertz CT molecular complexity index is 432. The van der Waals surface area contributed by atoms with Gasteiger partial charge < -0.3 is 9.84 Å². The standard InChI is InChI=1S/C16H25NO2/c1-12-9-13(11-17-10-12)14(18)16(19-4)7-5-15(2,3)6-8-16/h9-11,14,18H,5-8H2,1-4H3. The molecule has 2 rings (SSSR count). The van der Waals surface area contributed by atoms with Crippen molar-refractivity contribution in [3.05, 3.63) is 29.6 Å². The van der Waals surface area contributed by atoms with E-state index in [4.69, 9.17) is 4.74 Å². The van der Waals surface area contributed by atoms with E-state index in [2.05, 4.69) is 18.8 Å². The maximum Gasteiger partial charge on any atom is 0.109 e. The van der Waals surface area contributed by atoms with E-state index in [0.717, 1.165) is 36.8 Å². The summed E-state index contributed by atoms with van der Waals surface area (Å²) < 4.78 is 5.75. The minimum Gasteiger partial charge on any atom is -0.385 e. The van der Waals surface area contributed by atoms with Crippen LogP contribution in [0.15, 0.2) is 18.5 Å². The smallest absolute Gasteiger partial charge is 0.109 e. The zero-order valence-corrected chi connectivity index (χ0v) is 12.4. The molecule has 1 aromatic rings. The van der Waals surface area contributed by atoms with E-state index < -0.39 is 11.7 Å². The average Bonchev–Trinajstić information content (AvgIpc) is 2.39. The minimum atomic E-state index is -0.596. The number of aliphatic hydroxyl groups is 1. The number of hydrogen-bond acceptors (Lipinski definition) is 3. The summed E-state index contributed by atoms with van der Waals surface area (Å²) in [6.45, 7) is 6.56. The molecule has 0 spiro atoms. The summed E-state index contributed by atoms with van der Waals surface area (Å²) in [4.78, 5) is 4.18. The van der Waals surface area contributed by atoms with Gasteiger partial charge in [0.1, 0.15) is 6.10 Å². The van der Waals surface area contributed by atoms with Crippen LogP contribution in [-0.4, -0.2) is 22.8 Å². The lowest BCUT2D eigenvalue weighted by Gasteiger charge is -2.45. The van der Waals surface area contributed by atoms with Crippen molar-refractivity contribution >= 4 is 0 Å². The van der Waals surface area contributed by atoms with Gasteiger partial charge in [0.2, 0.25) is 0 Å². The zero-order chi connectivity index (χ0) is 14.1. The van der Waals surface area contributed by atoms with Gasteiger partial charge in [-0.2, -0.15) is 0 Å². The molecule has 0 saturated heterocycles. The molecule has 1 atom stereocenters. The molecule has 1 fully saturated rings. The molecule has 0 aliphatic heterocycles. The second-order valence-corrected chi connectivity index (χ2v) is 6.63. The molecule has 0 amide bonds. The third-order valence-electron chi connectivity index (χ3n) is 4.57. The van der Waals surface area contributed by atoms with Crippen molar-refractivity contribution in [2.45, 2.75) is 58.2 Å². The Morgan fingerprint density at radius 2 is 1.84 bits per heavy atom. The van der Waals surface area contributed by atoms with Crippen molar-refractivity contribution in [2.75, 3.05) is 7.11 Å². The van der Waals surface area contributed by atoms with Gasteiger partial charge in [-0.05, 0) is 43.6 Å². The van der Waals surface area contributed by atoms with Crippen LogP contribution in [0.3, 0.4) is 0 Å². The lowest BCUT2D eigenvalue weighted by atomic mass is 9.68. The molecule has 1 aliphatic rings. The van der Waals surface area contributed by atoms with E-state index in [1.54, 1.807) is 19.5 Å². The quantitative estimate of drug-likeness (QED) is 0.908. The van der Waals surface area contributed by atoms with Crippen molar-refractivity contribution in [3.8, 4) is 0 Å². The van der Waals surface area contributed by atoms with Crippen molar-refractivity contribution in [3.63, 3.8) is 0 Å². The molecule has 1 aliphatic carbocycles. The predicted octanol–water partition coefficient (Wildman–Crippen LogP) is 3.41. The fourth-order valence-corrected chi connectivity index (χ4v) is 2.97. The van der Waals surface area contributed by atoms with E-state index in [1.165, 1.54) is 0 Å². The van der Waals surface area contributed by atoms with Gasteiger partial charge >= 0.3 is 0 Å². The first kappa shape index (κ1) is 14.5. The van der Waals surface area contributed by atoms with Crippen LogP contribution >= 0.6 is 0 Å². The van der Waals surface area contributed by atoms with Crippen molar-refractivity contribution in [2.24, 2.45) is 5.41 Å². The number of ether oxygens (including phenoxy) is 1. The summed E-state index contributed by atoms with van der Waals surface area (Å²) in [5.41, 5.74) is 1.83. The van der Waals surface area contributed by atoms with Crippen molar-refractivity contribution < 1.29 is 9.84 Å². The van der Waals surface area contributed by atoms with Crippen LogP contribution in [0.1, 0.15) is 56.8 Å². The monoisotopic (exact) mass is 263 g/mol. The summed E-state index contributed by atoms with van der Waals surface area (Å²) in [6.07, 6.45) is 6.91. The van der Waals surface area contributed by atoms with Gasteiger partial charge in [0.05, 0.1) is 5.60 Å². The molecule has 1 N–H and O–H groups in total. The first-order chi connectivity index (χ1) is 8.88. The normalized spacial score (nSPS) is 23.0. The maximum atomic E-state index is 10.7. The Morgan fingerprint density at radius 1 is 1.21 bits per heavy atom. The highest BCUT2D eigenvalue weighted by Crippen LogP contribution is 2.47. The third kappa shape index (κ3) is 2.98. The highest BCUT2D eigenvalue weighted by atomic mass is 16.5. The summed E-state index contributed by atoms with van der Waals surface area (Å²) in [6, 6.07) is 2.00. The molecule has 3 heteroatoms. The van der Waals surface area contributed by atoms with Crippen molar-refractivity contribution in [1.82, 2.24) is 4.98 Å². The lowest BCUT2D eigenvalue weighted by Crippen LogP contribution is -2.44. The Labute approximate surface area is 116 Å². The van der Waals surface area contributed by atoms with Gasteiger partial charge in [0.25, 0.3) is 0 Å². The third-order valence-corrected chi connectivity index (χ3v) is 4.57. The number of pyridine rings is 1. The number of hydrogen-bond donors (Lipinski definition) is 1. The molecule has 106 valence electrons. The molecule has 0 radical (unpaired) electrons. The Hall–Kier alpha value is -0.930. The second-order valence-electron chi connectivity index (χ2n) is 6.63. The number of aromatic nitrogens is 1. The lowest BCUT2D eigenvalue weighted by molar-refractivity contribution is -0.138. The molecule has 3 nitrogen and oxygen atoms in total. The number of rotatable bonds is 3. The topological polar surface area (TPSA) is 42.4 Å². The van der Waals surface area contributed by atoms with E-state index in [1.807, 2.05) is 13.0 Å². The van der Waals surface area contributed by atoms with Crippen LogP contribution in [0.25, 0.3) is 0 Å². The fourth-order valence-electron chi connectivity index (χ4n) is 2.97. The molecule has 0 bridgehead atoms. The summed E-state index contributed by atoms with van der Waals surface area (Å²) in [5, 5.41) is 10.7. The molecule has 19 heavy (non-hydrogen) atoms. The molecule has 1 aromatic heterocycles. The maximum absolute atomic E-state index is 10.7. The van der Waals surface area contributed by atoms with E-state index in [-0.39, 0.29) is 0 Å². The molecule has 1 heterocycles. The summed E-state index contributed by atoms with van der Waals surface area (Å²) in [5.74, 6) is 0. The van der Waals surface area contributed by atoms with Gasteiger partial charge in [-0.25, -0.2) is 0 Å². The zero-order valence-electron chi connectivity index (χ0n) is 12.4. The van der Waals surface area contributed by atoms with Crippen LogP contribution in [-0.2, 0) is 4.74 Å². The van der Waals surface area contributed by atoms with Gasteiger partial charge in [-0.15, -0.1) is 0 Å². The second kappa shape index (κ2) is 5.22. The summed E-state index contributed by atoms with van der Waals surface area (Å²) in [7, 11) is 1.71. The molecule has 1 saturated carbocycles. The number of methoxy groups -OCH3 is 1. The molecule has 0 aromatic carbocycles. The van der Waals surface area contributed by atoms with Gasteiger partial charge in [0, 0.05) is 25.1 Å². The highest BCUT2D eigenvalue weighted by Gasteiger charge is 2.44. The SMILES string of the molecule is COC1(C(O)c2cncc(C)c2)CCC(C)(C)CC1. The van der Waals surface area contributed by atoms with Gasteiger partial charge in [-0.1, -0.05) is 19.9 Å².